The first-order valence-corrected chi connectivity index (χ1v) is 11.9. The van der Waals surface area contributed by atoms with Crippen molar-refractivity contribution in [2.24, 2.45) is 0 Å². The molecule has 34 heavy (non-hydrogen) atoms. The summed E-state index contributed by atoms with van der Waals surface area (Å²) < 4.78 is 20.3. The van der Waals surface area contributed by atoms with Crippen molar-refractivity contribution in [3.05, 3.63) is 30.2 Å². The molecular weight excluding hydrogens is 435 g/mol. The summed E-state index contributed by atoms with van der Waals surface area (Å²) in [5, 5.41) is 6.46. The van der Waals surface area contributed by atoms with Crippen LogP contribution >= 0.6 is 0 Å². The Bertz CT molecular complexity index is 1060. The van der Waals surface area contributed by atoms with Crippen LogP contribution in [0.2, 0.25) is 0 Å². The van der Waals surface area contributed by atoms with Gasteiger partial charge in [-0.2, -0.15) is 4.98 Å². The van der Waals surface area contributed by atoms with Gasteiger partial charge in [-0.3, -0.25) is 9.69 Å². The van der Waals surface area contributed by atoms with E-state index < -0.39 is 5.82 Å². The summed E-state index contributed by atoms with van der Waals surface area (Å²) in [6, 6.07) is 5.57. The van der Waals surface area contributed by atoms with E-state index in [2.05, 4.69) is 60.2 Å². The van der Waals surface area contributed by atoms with Crippen molar-refractivity contribution >= 4 is 29.0 Å². The van der Waals surface area contributed by atoms with Gasteiger partial charge in [0.15, 0.2) is 18.2 Å². The third-order valence-corrected chi connectivity index (χ3v) is 7.00. The number of likely N-dealkylation sites (tertiary alicyclic amines) is 1. The number of aromatic nitrogens is 2. The maximum Gasteiger partial charge on any atom is 0.265 e. The lowest BCUT2D eigenvalue weighted by Crippen LogP contribution is -2.61. The first-order valence-electron chi connectivity index (χ1n) is 11.9. The van der Waals surface area contributed by atoms with Crippen LogP contribution in [0.1, 0.15) is 53.9 Å². The molecule has 2 aliphatic heterocycles. The number of anilines is 4. The molecule has 0 aliphatic carbocycles. The summed E-state index contributed by atoms with van der Waals surface area (Å²) in [5.74, 6) is 0.560. The minimum absolute atomic E-state index is 0.0147. The van der Waals surface area contributed by atoms with E-state index in [1.807, 2.05) is 25.1 Å². The number of benzene rings is 1. The van der Waals surface area contributed by atoms with Crippen molar-refractivity contribution in [2.45, 2.75) is 71.0 Å². The fourth-order valence-electron chi connectivity index (χ4n) is 5.08. The summed E-state index contributed by atoms with van der Waals surface area (Å²) in [6.45, 7) is 11.5. The number of nitrogens with one attached hydrogen (secondary N) is 2. The van der Waals surface area contributed by atoms with E-state index in [0.717, 1.165) is 24.9 Å². The minimum Gasteiger partial charge on any atom is -0.481 e. The maximum absolute atomic E-state index is 14.6. The molecular formula is C25H35FN6O2. The molecule has 4 rings (SSSR count). The Hall–Kier alpha value is -2.94. The van der Waals surface area contributed by atoms with Crippen molar-refractivity contribution in [1.82, 2.24) is 14.9 Å². The lowest BCUT2D eigenvalue weighted by atomic mass is 9.77. The highest BCUT2D eigenvalue weighted by molar-refractivity contribution is 5.98. The van der Waals surface area contributed by atoms with Crippen molar-refractivity contribution < 1.29 is 13.9 Å². The van der Waals surface area contributed by atoms with Gasteiger partial charge in [-0.1, -0.05) is 6.92 Å². The van der Waals surface area contributed by atoms with Gasteiger partial charge < -0.3 is 20.3 Å². The zero-order valence-corrected chi connectivity index (χ0v) is 20.9. The SMILES string of the molecule is CCCN1C(=O)COc2cc(Nc3ncc(F)c(NC4CC(C)(C)N(C)C(C)(C)C4)n3)ccc21. The Morgan fingerprint density at radius 1 is 1.21 bits per heavy atom. The smallest absolute Gasteiger partial charge is 0.265 e. The molecule has 1 fully saturated rings. The Kier molecular flexibility index (Phi) is 6.42. The fraction of sp³-hybridized carbons (Fsp3) is 0.560. The van der Waals surface area contributed by atoms with Gasteiger partial charge in [-0.15, -0.1) is 0 Å². The predicted octanol–water partition coefficient (Wildman–Crippen LogP) is 4.56. The van der Waals surface area contributed by atoms with E-state index in [4.69, 9.17) is 4.74 Å². The average Bonchev–Trinajstić information content (AvgIpc) is 2.76. The van der Waals surface area contributed by atoms with Gasteiger partial charge in [0.1, 0.15) is 5.75 Å². The lowest BCUT2D eigenvalue weighted by Gasteiger charge is -2.53. The molecule has 1 saturated heterocycles. The van der Waals surface area contributed by atoms with Crippen LogP contribution in [0.4, 0.5) is 27.5 Å². The van der Waals surface area contributed by atoms with Crippen molar-refractivity contribution in [3.63, 3.8) is 0 Å². The zero-order chi connectivity index (χ0) is 24.7. The number of carbonyl (C=O) groups is 1. The summed E-state index contributed by atoms with van der Waals surface area (Å²) >= 11 is 0. The number of rotatable bonds is 6. The van der Waals surface area contributed by atoms with Gasteiger partial charge in [-0.05, 0) is 66.1 Å². The number of amides is 1. The maximum atomic E-state index is 14.6. The number of hydrogen-bond donors (Lipinski definition) is 2. The van der Waals surface area contributed by atoms with Crippen LogP contribution in [0.25, 0.3) is 0 Å². The lowest BCUT2D eigenvalue weighted by molar-refractivity contribution is -0.121. The molecule has 0 unspecified atom stereocenters. The predicted molar refractivity (Wildman–Crippen MR) is 132 cm³/mol. The molecule has 0 atom stereocenters. The van der Waals surface area contributed by atoms with E-state index >= 15 is 0 Å². The molecule has 1 aromatic heterocycles. The topological polar surface area (TPSA) is 82.6 Å². The largest absolute Gasteiger partial charge is 0.481 e. The summed E-state index contributed by atoms with van der Waals surface area (Å²) in [6.07, 6.45) is 3.78. The third-order valence-electron chi connectivity index (χ3n) is 7.00. The monoisotopic (exact) mass is 470 g/mol. The van der Waals surface area contributed by atoms with Gasteiger partial charge in [-0.25, -0.2) is 9.37 Å². The second-order valence-corrected chi connectivity index (χ2v) is 10.5. The normalized spacial score (nSPS) is 20.0. The molecule has 0 saturated carbocycles. The highest BCUT2D eigenvalue weighted by Gasteiger charge is 2.43. The standard InChI is InChI=1S/C25H35FN6O2/c1-7-10-32-19-9-8-16(11-20(19)34-15-21(32)33)29-23-27-14-18(26)22(30-23)28-17-12-24(2,3)31(6)25(4,5)13-17/h8-9,11,14,17H,7,10,12-13,15H2,1-6H3,(H2,27,28,29,30). The molecule has 9 heteroatoms. The second-order valence-electron chi connectivity index (χ2n) is 10.5. The van der Waals surface area contributed by atoms with Crippen LogP contribution in [-0.2, 0) is 4.79 Å². The highest BCUT2D eigenvalue weighted by Crippen LogP contribution is 2.38. The quantitative estimate of drug-likeness (QED) is 0.640. The van der Waals surface area contributed by atoms with Crippen LogP contribution in [0.3, 0.4) is 0 Å². The number of halogens is 1. The Balaban J connectivity index is 1.52. The zero-order valence-electron chi connectivity index (χ0n) is 20.9. The molecule has 2 aliphatic rings. The molecule has 8 nitrogen and oxygen atoms in total. The van der Waals surface area contributed by atoms with Crippen LogP contribution in [0.15, 0.2) is 24.4 Å². The fourth-order valence-corrected chi connectivity index (χ4v) is 5.08. The summed E-state index contributed by atoms with van der Waals surface area (Å²) in [7, 11) is 2.14. The van der Waals surface area contributed by atoms with Gasteiger partial charge in [0, 0.05) is 35.4 Å². The number of nitrogens with zero attached hydrogens (tertiary/aromatic N) is 4. The van der Waals surface area contributed by atoms with Gasteiger partial charge in [0.2, 0.25) is 5.95 Å². The molecule has 3 heterocycles. The molecule has 1 aromatic carbocycles. The summed E-state index contributed by atoms with van der Waals surface area (Å²) in [5.41, 5.74) is 1.39. The van der Waals surface area contributed by atoms with E-state index in [1.165, 1.54) is 6.20 Å². The number of ether oxygens (including phenoxy) is 1. The second kappa shape index (κ2) is 9.02. The first kappa shape index (κ1) is 24.2. The molecule has 2 aromatic rings. The third kappa shape index (κ3) is 4.80. The van der Waals surface area contributed by atoms with E-state index in [9.17, 15) is 9.18 Å². The van der Waals surface area contributed by atoms with Crippen molar-refractivity contribution in [1.29, 1.82) is 0 Å². The van der Waals surface area contributed by atoms with Gasteiger partial charge in [0.25, 0.3) is 5.91 Å². The molecule has 1 amide bonds. The molecule has 0 radical (unpaired) electrons. The van der Waals surface area contributed by atoms with Crippen LogP contribution in [0, 0.1) is 5.82 Å². The van der Waals surface area contributed by atoms with Gasteiger partial charge >= 0.3 is 0 Å². The van der Waals surface area contributed by atoms with Gasteiger partial charge in [0.05, 0.1) is 11.9 Å². The van der Waals surface area contributed by atoms with E-state index in [-0.39, 0.29) is 41.4 Å². The number of fused-ring (bicyclic) bond motifs is 1. The van der Waals surface area contributed by atoms with Crippen molar-refractivity contribution in [2.75, 3.05) is 35.7 Å². The minimum atomic E-state index is -0.484. The van der Waals surface area contributed by atoms with Crippen molar-refractivity contribution in [3.8, 4) is 5.75 Å². The summed E-state index contributed by atoms with van der Waals surface area (Å²) in [4.78, 5) is 24.8. The highest BCUT2D eigenvalue weighted by atomic mass is 19.1. The molecule has 2 N–H and O–H groups in total. The Morgan fingerprint density at radius 2 is 1.91 bits per heavy atom. The number of piperidine rings is 1. The van der Waals surface area contributed by atoms with E-state index in [1.54, 1.807) is 4.90 Å². The molecule has 0 bridgehead atoms. The van der Waals surface area contributed by atoms with Crippen LogP contribution < -0.4 is 20.3 Å². The van der Waals surface area contributed by atoms with E-state index in [0.29, 0.717) is 18.0 Å². The molecule has 184 valence electrons. The molecule has 0 spiro atoms. The Labute approximate surface area is 200 Å². The first-order chi connectivity index (χ1) is 16.0. The number of hydrogen-bond acceptors (Lipinski definition) is 7. The average molecular weight is 471 g/mol. The number of carbonyl (C=O) groups excluding carboxylic acids is 1. The van der Waals surface area contributed by atoms with Crippen LogP contribution in [0.5, 0.6) is 5.75 Å². The Morgan fingerprint density at radius 3 is 2.59 bits per heavy atom. The van der Waals surface area contributed by atoms with Crippen LogP contribution in [-0.4, -0.2) is 58.1 Å².